The van der Waals surface area contributed by atoms with Gasteiger partial charge in [0.2, 0.25) is 5.91 Å². The largest absolute Gasteiger partial charge is 0.326 e. The first-order valence-electron chi connectivity index (χ1n) is 7.40. The van der Waals surface area contributed by atoms with Crippen LogP contribution in [0.25, 0.3) is 0 Å². The van der Waals surface area contributed by atoms with Crippen molar-refractivity contribution in [2.75, 3.05) is 5.32 Å². The standard InChI is InChI=1S/C18H18ClN3O2/c1-12-5-3-4-6-16(12)18(24)22-21-13(2)11-17(23)20-15-9-7-14(19)8-10-15/h3-10H,11H2,1-2H3,(H,20,23)(H,22,24). The van der Waals surface area contributed by atoms with Crippen LogP contribution in [-0.4, -0.2) is 17.5 Å². The zero-order valence-electron chi connectivity index (χ0n) is 13.5. The summed E-state index contributed by atoms with van der Waals surface area (Å²) in [5.41, 5.74) is 5.04. The predicted molar refractivity (Wildman–Crippen MR) is 96.5 cm³/mol. The lowest BCUT2D eigenvalue weighted by atomic mass is 10.1. The smallest absolute Gasteiger partial charge is 0.271 e. The van der Waals surface area contributed by atoms with Crippen molar-refractivity contribution in [2.24, 2.45) is 5.10 Å². The molecule has 0 heterocycles. The van der Waals surface area contributed by atoms with Crippen LogP contribution >= 0.6 is 11.6 Å². The van der Waals surface area contributed by atoms with Gasteiger partial charge in [-0.1, -0.05) is 29.8 Å². The third-order valence-corrected chi connectivity index (χ3v) is 3.53. The summed E-state index contributed by atoms with van der Waals surface area (Å²) < 4.78 is 0. The summed E-state index contributed by atoms with van der Waals surface area (Å²) in [6.45, 7) is 3.53. The molecule has 0 aliphatic carbocycles. The molecule has 0 fully saturated rings. The monoisotopic (exact) mass is 343 g/mol. The van der Waals surface area contributed by atoms with Crippen molar-refractivity contribution in [1.29, 1.82) is 0 Å². The molecule has 0 bridgehead atoms. The number of aryl methyl sites for hydroxylation is 1. The maximum absolute atomic E-state index is 12.0. The zero-order chi connectivity index (χ0) is 17.5. The minimum Gasteiger partial charge on any atom is -0.326 e. The minimum atomic E-state index is -0.300. The molecular formula is C18H18ClN3O2. The van der Waals surface area contributed by atoms with Gasteiger partial charge in [0, 0.05) is 22.0 Å². The Morgan fingerprint density at radius 1 is 1.08 bits per heavy atom. The highest BCUT2D eigenvalue weighted by molar-refractivity contribution is 6.30. The highest BCUT2D eigenvalue weighted by atomic mass is 35.5. The van der Waals surface area contributed by atoms with Crippen LogP contribution in [-0.2, 0) is 4.79 Å². The van der Waals surface area contributed by atoms with E-state index in [0.717, 1.165) is 5.56 Å². The molecule has 0 radical (unpaired) electrons. The van der Waals surface area contributed by atoms with E-state index in [1.54, 1.807) is 43.3 Å². The first kappa shape index (κ1) is 17.7. The number of amides is 2. The highest BCUT2D eigenvalue weighted by Gasteiger charge is 2.08. The SMILES string of the molecule is CC(CC(=O)Nc1ccc(Cl)cc1)=NNC(=O)c1ccccc1C. The van der Waals surface area contributed by atoms with Gasteiger partial charge < -0.3 is 5.32 Å². The summed E-state index contributed by atoms with van der Waals surface area (Å²) in [7, 11) is 0. The van der Waals surface area contributed by atoms with Gasteiger partial charge in [0.15, 0.2) is 0 Å². The third-order valence-electron chi connectivity index (χ3n) is 3.28. The van der Waals surface area contributed by atoms with Crippen molar-refractivity contribution in [2.45, 2.75) is 20.3 Å². The van der Waals surface area contributed by atoms with Crippen molar-refractivity contribution < 1.29 is 9.59 Å². The second-order valence-corrected chi connectivity index (χ2v) is 5.77. The maximum Gasteiger partial charge on any atom is 0.271 e. The molecule has 0 spiro atoms. The molecule has 2 amide bonds. The van der Waals surface area contributed by atoms with Crippen molar-refractivity contribution in [3.05, 3.63) is 64.7 Å². The molecule has 6 heteroatoms. The maximum atomic E-state index is 12.0. The number of nitrogens with one attached hydrogen (secondary N) is 2. The van der Waals surface area contributed by atoms with Crippen LogP contribution in [0.4, 0.5) is 5.69 Å². The lowest BCUT2D eigenvalue weighted by molar-refractivity contribution is -0.115. The minimum absolute atomic E-state index is 0.0800. The van der Waals surface area contributed by atoms with Crippen LogP contribution in [0.1, 0.15) is 29.3 Å². The van der Waals surface area contributed by atoms with E-state index in [1.165, 1.54) is 0 Å². The van der Waals surface area contributed by atoms with Gasteiger partial charge >= 0.3 is 0 Å². The lowest BCUT2D eigenvalue weighted by Crippen LogP contribution is -2.22. The Morgan fingerprint density at radius 3 is 2.42 bits per heavy atom. The average Bonchev–Trinajstić information content (AvgIpc) is 2.55. The Kier molecular flexibility index (Phi) is 6.09. The molecule has 2 rings (SSSR count). The predicted octanol–water partition coefficient (Wildman–Crippen LogP) is 3.78. The number of hydrazone groups is 1. The normalized spacial score (nSPS) is 11.0. The van der Waals surface area contributed by atoms with Crippen molar-refractivity contribution in [3.8, 4) is 0 Å². The number of benzene rings is 2. The summed E-state index contributed by atoms with van der Waals surface area (Å²) in [5, 5.41) is 7.31. The fraction of sp³-hybridized carbons (Fsp3) is 0.167. The molecule has 5 nitrogen and oxygen atoms in total. The topological polar surface area (TPSA) is 70.6 Å². The summed E-state index contributed by atoms with van der Waals surface area (Å²) in [6, 6.07) is 14.0. The van der Waals surface area contributed by atoms with Crippen LogP contribution in [0, 0.1) is 6.92 Å². The molecule has 0 atom stereocenters. The Labute approximate surface area is 145 Å². The summed E-state index contributed by atoms with van der Waals surface area (Å²) in [6.07, 6.45) is 0.0800. The molecule has 24 heavy (non-hydrogen) atoms. The first-order chi connectivity index (χ1) is 11.5. The third kappa shape index (κ3) is 5.21. The van der Waals surface area contributed by atoms with Gasteiger partial charge in [-0.15, -0.1) is 0 Å². The van der Waals surface area contributed by atoms with Gasteiger partial charge in [0.05, 0.1) is 6.42 Å². The van der Waals surface area contributed by atoms with Crippen molar-refractivity contribution >= 4 is 34.8 Å². The van der Waals surface area contributed by atoms with E-state index in [0.29, 0.717) is 22.0 Å². The van der Waals surface area contributed by atoms with E-state index in [9.17, 15) is 9.59 Å². The Morgan fingerprint density at radius 2 is 1.75 bits per heavy atom. The molecule has 2 N–H and O–H groups in total. The quantitative estimate of drug-likeness (QED) is 0.640. The molecule has 0 saturated heterocycles. The lowest BCUT2D eigenvalue weighted by Gasteiger charge is -2.06. The van der Waals surface area contributed by atoms with E-state index in [4.69, 9.17) is 11.6 Å². The van der Waals surface area contributed by atoms with Gasteiger partial charge in [-0.2, -0.15) is 5.10 Å². The summed E-state index contributed by atoms with van der Waals surface area (Å²) >= 11 is 5.79. The average molecular weight is 344 g/mol. The number of carbonyl (C=O) groups is 2. The van der Waals surface area contributed by atoms with Gasteiger partial charge in [0.25, 0.3) is 5.91 Å². The van der Waals surface area contributed by atoms with Gasteiger partial charge in [0.1, 0.15) is 0 Å². The van der Waals surface area contributed by atoms with Crippen LogP contribution in [0.15, 0.2) is 53.6 Å². The van der Waals surface area contributed by atoms with Crippen LogP contribution < -0.4 is 10.7 Å². The fourth-order valence-corrected chi connectivity index (χ4v) is 2.17. The Hall–Kier alpha value is -2.66. The second-order valence-electron chi connectivity index (χ2n) is 5.33. The number of carbonyl (C=O) groups excluding carboxylic acids is 2. The van der Waals surface area contributed by atoms with E-state index in [-0.39, 0.29) is 18.2 Å². The highest BCUT2D eigenvalue weighted by Crippen LogP contribution is 2.13. The summed E-state index contributed by atoms with van der Waals surface area (Å²) in [5.74, 6) is -0.519. The zero-order valence-corrected chi connectivity index (χ0v) is 14.2. The number of nitrogens with zero attached hydrogens (tertiary/aromatic N) is 1. The molecule has 2 aromatic rings. The summed E-state index contributed by atoms with van der Waals surface area (Å²) in [4.78, 5) is 24.0. The molecule has 0 saturated carbocycles. The number of anilines is 1. The van der Waals surface area contributed by atoms with Crippen LogP contribution in [0.5, 0.6) is 0 Å². The molecule has 2 aromatic carbocycles. The number of rotatable bonds is 5. The fourth-order valence-electron chi connectivity index (χ4n) is 2.04. The molecule has 0 aliphatic heterocycles. The number of hydrogen-bond acceptors (Lipinski definition) is 3. The van der Waals surface area contributed by atoms with Crippen molar-refractivity contribution in [3.63, 3.8) is 0 Å². The van der Waals surface area contributed by atoms with E-state index < -0.39 is 0 Å². The van der Waals surface area contributed by atoms with E-state index >= 15 is 0 Å². The van der Waals surface area contributed by atoms with E-state index in [1.807, 2.05) is 19.1 Å². The van der Waals surface area contributed by atoms with Crippen LogP contribution in [0.2, 0.25) is 5.02 Å². The van der Waals surface area contributed by atoms with Gasteiger partial charge in [-0.25, -0.2) is 5.43 Å². The molecule has 0 aliphatic rings. The molecule has 124 valence electrons. The number of halogens is 1. The number of hydrogen-bond donors (Lipinski definition) is 2. The van der Waals surface area contributed by atoms with Gasteiger partial charge in [-0.05, 0) is 49.7 Å². The van der Waals surface area contributed by atoms with Crippen molar-refractivity contribution in [1.82, 2.24) is 5.43 Å². The second kappa shape index (κ2) is 8.26. The Balaban J connectivity index is 1.89. The molecule has 0 unspecified atom stereocenters. The molecule has 0 aromatic heterocycles. The molecular weight excluding hydrogens is 326 g/mol. The Bertz CT molecular complexity index is 770. The van der Waals surface area contributed by atoms with E-state index in [2.05, 4.69) is 15.8 Å². The van der Waals surface area contributed by atoms with Crippen LogP contribution in [0.3, 0.4) is 0 Å². The first-order valence-corrected chi connectivity index (χ1v) is 7.78. The van der Waals surface area contributed by atoms with Gasteiger partial charge in [-0.3, -0.25) is 9.59 Å².